The molecule has 1 saturated heterocycles. The molecule has 10 heteroatoms. The van der Waals surface area contributed by atoms with Gasteiger partial charge in [0, 0.05) is 6.42 Å². The Balaban J connectivity index is 2.18. The summed E-state index contributed by atoms with van der Waals surface area (Å²) >= 11 is 0. The van der Waals surface area contributed by atoms with Gasteiger partial charge < -0.3 is 45.4 Å². The molecule has 0 saturated carbocycles. The van der Waals surface area contributed by atoms with Crippen LogP contribution in [0, 0.1) is 0 Å². The second-order valence-electron chi connectivity index (χ2n) is 12.4. The number of carbonyl (C=O) groups excluding carboxylic acids is 1. The molecule has 43 heavy (non-hydrogen) atoms. The second kappa shape index (κ2) is 25.4. The molecule has 0 unspecified atom stereocenters. The third kappa shape index (κ3) is 17.4. The molecule has 1 fully saturated rings. The van der Waals surface area contributed by atoms with Crippen LogP contribution in [0.1, 0.15) is 142 Å². The van der Waals surface area contributed by atoms with Crippen LogP contribution in [0.2, 0.25) is 0 Å². The number of hydrogen-bond acceptors (Lipinski definition) is 9. The van der Waals surface area contributed by atoms with E-state index in [2.05, 4.69) is 12.2 Å². The molecule has 256 valence electrons. The van der Waals surface area contributed by atoms with Crippen molar-refractivity contribution in [3.05, 3.63) is 0 Å². The fourth-order valence-corrected chi connectivity index (χ4v) is 5.61. The van der Waals surface area contributed by atoms with Crippen LogP contribution < -0.4 is 5.32 Å². The molecule has 7 N–H and O–H groups in total. The average molecular weight is 620 g/mol. The molecule has 0 aromatic rings. The van der Waals surface area contributed by atoms with E-state index in [4.69, 9.17) is 9.47 Å². The molecule has 10 nitrogen and oxygen atoms in total. The first-order chi connectivity index (χ1) is 20.8. The van der Waals surface area contributed by atoms with Crippen molar-refractivity contribution in [1.29, 1.82) is 0 Å². The first-order valence-corrected chi connectivity index (χ1v) is 17.3. The smallest absolute Gasteiger partial charge is 0.220 e. The van der Waals surface area contributed by atoms with Crippen molar-refractivity contribution in [2.45, 2.75) is 191 Å². The lowest BCUT2D eigenvalue weighted by Crippen LogP contribution is -2.60. The van der Waals surface area contributed by atoms with Crippen LogP contribution in [0.5, 0.6) is 0 Å². The van der Waals surface area contributed by atoms with Gasteiger partial charge in [0.05, 0.1) is 25.4 Å². The molecule has 1 aliphatic rings. The van der Waals surface area contributed by atoms with E-state index >= 15 is 0 Å². The molecule has 8 atom stereocenters. The van der Waals surface area contributed by atoms with Gasteiger partial charge in [-0.05, 0) is 12.8 Å². The van der Waals surface area contributed by atoms with Crippen molar-refractivity contribution < 1.29 is 44.9 Å². The van der Waals surface area contributed by atoms with E-state index < -0.39 is 55.6 Å². The SMILES string of the molecule is CCCCCCCCCCCCCCCCCCCCC(=O)N[C@@H](CO[C@H]1O[C@H](CO)[C@H](O)[C@H](O)[C@H]1O)[C@H](O)[C@H](O)CC. The minimum atomic E-state index is -1.60. The minimum Gasteiger partial charge on any atom is -0.394 e. The van der Waals surface area contributed by atoms with E-state index in [-0.39, 0.29) is 25.4 Å². The fraction of sp³-hybridized carbons (Fsp3) is 0.970. The van der Waals surface area contributed by atoms with Gasteiger partial charge in [0.1, 0.15) is 30.5 Å². The maximum Gasteiger partial charge on any atom is 0.220 e. The number of carbonyl (C=O) groups is 1. The third-order valence-corrected chi connectivity index (χ3v) is 8.62. The molecule has 0 aromatic carbocycles. The van der Waals surface area contributed by atoms with Gasteiger partial charge in [-0.3, -0.25) is 4.79 Å². The van der Waals surface area contributed by atoms with Crippen LogP contribution >= 0.6 is 0 Å². The summed E-state index contributed by atoms with van der Waals surface area (Å²) in [5.74, 6) is -0.277. The van der Waals surface area contributed by atoms with Gasteiger partial charge in [-0.25, -0.2) is 0 Å². The molecular weight excluding hydrogens is 554 g/mol. The summed E-state index contributed by atoms with van der Waals surface area (Å²) < 4.78 is 10.9. The number of ether oxygens (including phenoxy) is 2. The standard InChI is InChI=1S/C33H65NO9/c1-3-5-6-7-8-9-10-11-12-13-14-15-16-17-18-19-20-21-22-28(37)34-25(29(38)26(36)4-2)24-42-33-32(41)31(40)30(39)27(23-35)43-33/h25-27,29-33,35-36,38-41H,3-24H2,1-2H3,(H,34,37)/t25-,26+,27+,29-,30-,31-,32+,33-/m0/s1. The summed E-state index contributed by atoms with van der Waals surface area (Å²) in [7, 11) is 0. The van der Waals surface area contributed by atoms with Crippen LogP contribution in [0.3, 0.4) is 0 Å². The molecule has 1 amide bonds. The minimum absolute atomic E-state index is 0.257. The number of aliphatic hydroxyl groups excluding tert-OH is 6. The predicted molar refractivity (Wildman–Crippen MR) is 167 cm³/mol. The Morgan fingerprint density at radius 3 is 1.63 bits per heavy atom. The summed E-state index contributed by atoms with van der Waals surface area (Å²) in [6, 6.07) is -0.981. The Morgan fingerprint density at radius 1 is 0.721 bits per heavy atom. The van der Waals surface area contributed by atoms with E-state index in [0.29, 0.717) is 0 Å². The van der Waals surface area contributed by atoms with Gasteiger partial charge >= 0.3 is 0 Å². The monoisotopic (exact) mass is 619 g/mol. The Bertz CT molecular complexity index is 668. The lowest BCUT2D eigenvalue weighted by Gasteiger charge is -2.40. The number of hydrogen-bond donors (Lipinski definition) is 7. The van der Waals surface area contributed by atoms with E-state index in [1.165, 1.54) is 89.9 Å². The van der Waals surface area contributed by atoms with E-state index in [1.807, 2.05) is 0 Å². The topological polar surface area (TPSA) is 169 Å². The zero-order chi connectivity index (χ0) is 31.9. The highest BCUT2D eigenvalue weighted by Crippen LogP contribution is 2.22. The normalized spacial score (nSPS) is 24.5. The summed E-state index contributed by atoms with van der Waals surface area (Å²) in [5.41, 5.74) is 0. The Kier molecular flexibility index (Phi) is 23.7. The molecular formula is C33H65NO9. The highest BCUT2D eigenvalue weighted by atomic mass is 16.7. The van der Waals surface area contributed by atoms with Crippen molar-refractivity contribution >= 4 is 5.91 Å². The van der Waals surface area contributed by atoms with Crippen molar-refractivity contribution in [3.63, 3.8) is 0 Å². The summed E-state index contributed by atoms with van der Waals surface area (Å²) in [5, 5.41) is 62.9. The number of nitrogens with one attached hydrogen (secondary N) is 1. The first kappa shape index (κ1) is 40.2. The lowest BCUT2D eigenvalue weighted by atomic mass is 9.99. The van der Waals surface area contributed by atoms with Gasteiger partial charge in [-0.15, -0.1) is 0 Å². The van der Waals surface area contributed by atoms with Gasteiger partial charge in [0.2, 0.25) is 5.91 Å². The molecule has 1 heterocycles. The quantitative estimate of drug-likeness (QED) is 0.0675. The third-order valence-electron chi connectivity index (χ3n) is 8.62. The first-order valence-electron chi connectivity index (χ1n) is 17.3. The Hall–Kier alpha value is -0.850. The Labute approximate surface area is 260 Å². The summed E-state index contributed by atoms with van der Waals surface area (Å²) in [4.78, 5) is 12.6. The van der Waals surface area contributed by atoms with Crippen LogP contribution in [0.25, 0.3) is 0 Å². The molecule has 0 radical (unpaired) electrons. The fourth-order valence-electron chi connectivity index (χ4n) is 5.61. The van der Waals surface area contributed by atoms with Crippen LogP contribution in [-0.2, 0) is 14.3 Å². The zero-order valence-corrected chi connectivity index (χ0v) is 27.1. The summed E-state index contributed by atoms with van der Waals surface area (Å²) in [6.45, 7) is 3.05. The Morgan fingerprint density at radius 2 is 1.19 bits per heavy atom. The molecule has 1 aliphatic heterocycles. The van der Waals surface area contributed by atoms with Crippen molar-refractivity contribution in [3.8, 4) is 0 Å². The number of aliphatic hydroxyl groups is 6. The number of unbranched alkanes of at least 4 members (excludes halogenated alkanes) is 17. The predicted octanol–water partition coefficient (Wildman–Crippen LogP) is 3.85. The average Bonchev–Trinajstić information content (AvgIpc) is 3.01. The van der Waals surface area contributed by atoms with Crippen LogP contribution in [-0.4, -0.2) is 98.7 Å². The van der Waals surface area contributed by atoms with E-state index in [1.54, 1.807) is 6.92 Å². The van der Waals surface area contributed by atoms with Crippen LogP contribution in [0.4, 0.5) is 0 Å². The molecule has 0 aliphatic carbocycles. The number of amides is 1. The van der Waals surface area contributed by atoms with Crippen molar-refractivity contribution in [2.75, 3.05) is 13.2 Å². The zero-order valence-electron chi connectivity index (χ0n) is 27.1. The van der Waals surface area contributed by atoms with Gasteiger partial charge in [0.25, 0.3) is 0 Å². The van der Waals surface area contributed by atoms with Crippen LogP contribution in [0.15, 0.2) is 0 Å². The highest BCUT2D eigenvalue weighted by Gasteiger charge is 2.44. The maximum atomic E-state index is 12.6. The van der Waals surface area contributed by atoms with E-state index in [9.17, 15) is 35.4 Å². The van der Waals surface area contributed by atoms with Crippen molar-refractivity contribution in [1.82, 2.24) is 5.32 Å². The van der Waals surface area contributed by atoms with Gasteiger partial charge in [0.15, 0.2) is 6.29 Å². The number of rotatable bonds is 27. The van der Waals surface area contributed by atoms with E-state index in [0.717, 1.165) is 25.7 Å². The largest absolute Gasteiger partial charge is 0.394 e. The van der Waals surface area contributed by atoms with Gasteiger partial charge in [-0.2, -0.15) is 0 Å². The van der Waals surface area contributed by atoms with Crippen molar-refractivity contribution in [2.24, 2.45) is 0 Å². The molecule has 0 aromatic heterocycles. The molecule has 0 spiro atoms. The maximum absolute atomic E-state index is 12.6. The molecule has 1 rings (SSSR count). The molecule has 0 bridgehead atoms. The van der Waals surface area contributed by atoms with Gasteiger partial charge in [-0.1, -0.05) is 123 Å². The second-order valence-corrected chi connectivity index (χ2v) is 12.4. The summed E-state index contributed by atoms with van der Waals surface area (Å²) in [6.07, 6.45) is 13.7. The lowest BCUT2D eigenvalue weighted by molar-refractivity contribution is -0.303. The highest BCUT2D eigenvalue weighted by molar-refractivity contribution is 5.76.